The lowest BCUT2D eigenvalue weighted by molar-refractivity contribution is -0.113. The zero-order valence-electron chi connectivity index (χ0n) is 19.2. The molecule has 2 atom stereocenters. The molecule has 7 nitrogen and oxygen atoms in total. The normalized spacial score (nSPS) is 19.8. The van der Waals surface area contributed by atoms with E-state index in [1.807, 2.05) is 79.4 Å². The number of benzene rings is 2. The summed E-state index contributed by atoms with van der Waals surface area (Å²) in [6.45, 7) is 4.27. The third-order valence-corrected chi connectivity index (χ3v) is 5.76. The first kappa shape index (κ1) is 22.8. The number of methoxy groups -OCH3 is 2. The molecular weight excluding hydrogens is 420 g/mol. The molecule has 1 aliphatic rings. The maximum atomic E-state index is 12.1. The summed E-state index contributed by atoms with van der Waals surface area (Å²) in [6.07, 6.45) is 2.14. The van der Waals surface area contributed by atoms with E-state index in [1.54, 1.807) is 20.4 Å². The van der Waals surface area contributed by atoms with Crippen molar-refractivity contribution in [2.24, 2.45) is 0 Å². The lowest BCUT2D eigenvalue weighted by Crippen LogP contribution is -2.42. The monoisotopic (exact) mass is 448 g/mol. The van der Waals surface area contributed by atoms with E-state index in [-0.39, 0.29) is 0 Å². The number of carbonyl (C=O) groups excluding carboxylic acids is 1. The van der Waals surface area contributed by atoms with Crippen molar-refractivity contribution < 1.29 is 23.7 Å². The van der Waals surface area contributed by atoms with Crippen LogP contribution in [0.15, 0.2) is 66.9 Å². The van der Waals surface area contributed by atoms with Crippen molar-refractivity contribution in [3.05, 3.63) is 78.0 Å². The van der Waals surface area contributed by atoms with E-state index < -0.39 is 17.9 Å². The molecule has 0 N–H and O–H groups in total. The molecule has 172 valence electrons. The number of carbonyl (C=O) groups is 1. The summed E-state index contributed by atoms with van der Waals surface area (Å²) in [4.78, 5) is 18.6. The third kappa shape index (κ3) is 4.69. The van der Waals surface area contributed by atoms with Gasteiger partial charge in [0.05, 0.1) is 31.4 Å². The van der Waals surface area contributed by atoms with Gasteiger partial charge >= 0.3 is 0 Å². The van der Waals surface area contributed by atoms with Gasteiger partial charge in [-0.3, -0.25) is 4.90 Å². The lowest BCUT2D eigenvalue weighted by atomic mass is 9.99. The van der Waals surface area contributed by atoms with E-state index >= 15 is 0 Å². The van der Waals surface area contributed by atoms with E-state index in [4.69, 9.17) is 18.9 Å². The van der Waals surface area contributed by atoms with Gasteiger partial charge in [-0.15, -0.1) is 0 Å². The van der Waals surface area contributed by atoms with Crippen LogP contribution in [0.2, 0.25) is 0 Å². The van der Waals surface area contributed by atoms with Crippen LogP contribution in [-0.2, 0) is 16.1 Å². The molecule has 2 aromatic carbocycles. The van der Waals surface area contributed by atoms with Crippen molar-refractivity contribution in [2.45, 2.75) is 38.3 Å². The van der Waals surface area contributed by atoms with Crippen molar-refractivity contribution in [1.29, 1.82) is 0 Å². The van der Waals surface area contributed by atoms with Crippen molar-refractivity contribution in [3.63, 3.8) is 0 Å². The van der Waals surface area contributed by atoms with Crippen molar-refractivity contribution in [2.75, 3.05) is 14.2 Å². The number of aromatic nitrogens is 1. The molecule has 0 aliphatic carbocycles. The van der Waals surface area contributed by atoms with Gasteiger partial charge in [-0.05, 0) is 43.7 Å². The number of para-hydroxylation sites is 1. The minimum Gasteiger partial charge on any atom is -0.496 e. The largest absolute Gasteiger partial charge is 0.496 e. The Labute approximate surface area is 193 Å². The molecule has 1 aromatic heterocycles. The maximum absolute atomic E-state index is 12.1. The van der Waals surface area contributed by atoms with Crippen molar-refractivity contribution in [1.82, 2.24) is 9.88 Å². The Balaban J connectivity index is 1.63. The molecule has 1 aliphatic heterocycles. The molecule has 3 aromatic rings. The van der Waals surface area contributed by atoms with Crippen LogP contribution in [-0.4, -0.2) is 42.0 Å². The fraction of sp³-hybridized carbons (Fsp3) is 0.308. The number of ether oxygens (including phenoxy) is 4. The van der Waals surface area contributed by atoms with Crippen LogP contribution in [0, 0.1) is 0 Å². The van der Waals surface area contributed by atoms with Crippen LogP contribution in [0.1, 0.15) is 31.2 Å². The molecular formula is C26H28N2O5. The van der Waals surface area contributed by atoms with Gasteiger partial charge in [-0.1, -0.05) is 30.3 Å². The van der Waals surface area contributed by atoms with E-state index in [0.29, 0.717) is 23.9 Å². The lowest BCUT2D eigenvalue weighted by Gasteiger charge is -2.28. The van der Waals surface area contributed by atoms with Gasteiger partial charge in [0.1, 0.15) is 29.8 Å². The minimum atomic E-state index is -0.706. The molecule has 1 saturated heterocycles. The van der Waals surface area contributed by atoms with E-state index in [9.17, 15) is 4.79 Å². The summed E-state index contributed by atoms with van der Waals surface area (Å²) in [7, 11) is 3.21. The molecule has 2 unspecified atom stereocenters. The first-order valence-corrected chi connectivity index (χ1v) is 10.7. The van der Waals surface area contributed by atoms with Gasteiger partial charge in [-0.2, -0.15) is 0 Å². The second-order valence-electron chi connectivity index (χ2n) is 8.32. The second-order valence-corrected chi connectivity index (χ2v) is 8.32. The molecule has 2 heterocycles. The Morgan fingerprint density at radius 2 is 1.70 bits per heavy atom. The molecule has 0 radical (unpaired) electrons. The number of pyridine rings is 1. The van der Waals surface area contributed by atoms with Gasteiger partial charge in [-0.25, -0.2) is 4.98 Å². The number of rotatable bonds is 8. The molecule has 0 saturated carbocycles. The van der Waals surface area contributed by atoms with Crippen LogP contribution in [0.4, 0.5) is 0 Å². The van der Waals surface area contributed by atoms with Gasteiger partial charge in [0, 0.05) is 18.8 Å². The Morgan fingerprint density at radius 3 is 2.27 bits per heavy atom. The molecule has 0 amide bonds. The topological polar surface area (TPSA) is 70.1 Å². The smallest absolute Gasteiger partial charge is 0.219 e. The molecule has 1 fully saturated rings. The minimum absolute atomic E-state index is 0.442. The number of aldehydes is 1. The highest BCUT2D eigenvalue weighted by atomic mass is 16.5. The summed E-state index contributed by atoms with van der Waals surface area (Å²) in [5.74, 6) is 2.49. The molecule has 33 heavy (non-hydrogen) atoms. The summed E-state index contributed by atoms with van der Waals surface area (Å²) >= 11 is 0. The highest BCUT2D eigenvalue weighted by Crippen LogP contribution is 2.47. The Kier molecular flexibility index (Phi) is 6.62. The Hall–Kier alpha value is -3.42. The van der Waals surface area contributed by atoms with E-state index in [0.717, 1.165) is 23.2 Å². The van der Waals surface area contributed by atoms with E-state index in [1.165, 1.54) is 0 Å². The third-order valence-electron chi connectivity index (χ3n) is 5.76. The summed E-state index contributed by atoms with van der Waals surface area (Å²) < 4.78 is 23.4. The van der Waals surface area contributed by atoms with Gasteiger partial charge in [0.2, 0.25) is 5.88 Å². The fourth-order valence-corrected chi connectivity index (χ4v) is 4.13. The zero-order chi connectivity index (χ0) is 23.4. The van der Waals surface area contributed by atoms with Crippen LogP contribution < -0.4 is 14.2 Å². The average molecular weight is 449 g/mol. The quantitative estimate of drug-likeness (QED) is 0.460. The highest BCUT2D eigenvalue weighted by molar-refractivity contribution is 5.61. The molecule has 7 heteroatoms. The Bertz CT molecular complexity index is 1060. The molecule has 0 spiro atoms. The summed E-state index contributed by atoms with van der Waals surface area (Å²) in [5, 5.41) is 0. The average Bonchev–Trinajstić information content (AvgIpc) is 3.09. The van der Waals surface area contributed by atoms with Crippen molar-refractivity contribution in [3.8, 4) is 23.1 Å². The fourth-order valence-electron chi connectivity index (χ4n) is 4.13. The van der Waals surface area contributed by atoms with Gasteiger partial charge in [0.25, 0.3) is 0 Å². The standard InChI is InChI=1S/C26H28N2O5/c1-26(2)22(17-29)28(25(33-26)24-20(30-3)11-8-12-21(24)31-4)16-18-13-14-23(27-15-18)32-19-9-6-5-7-10-19/h5-15,17,22,25H,16H2,1-4H3. The van der Waals surface area contributed by atoms with Crippen LogP contribution in [0.25, 0.3) is 0 Å². The zero-order valence-corrected chi connectivity index (χ0v) is 19.2. The summed E-state index contributed by atoms with van der Waals surface area (Å²) in [5.41, 5.74) is 0.960. The molecule has 0 bridgehead atoms. The maximum Gasteiger partial charge on any atom is 0.219 e. The number of nitrogens with zero attached hydrogens (tertiary/aromatic N) is 2. The second kappa shape index (κ2) is 9.60. The highest BCUT2D eigenvalue weighted by Gasteiger charge is 2.49. The number of hydrogen-bond donors (Lipinski definition) is 0. The van der Waals surface area contributed by atoms with Gasteiger partial charge in [0.15, 0.2) is 0 Å². The first-order valence-electron chi connectivity index (χ1n) is 10.7. The van der Waals surface area contributed by atoms with Crippen LogP contribution in [0.5, 0.6) is 23.1 Å². The summed E-state index contributed by atoms with van der Waals surface area (Å²) in [6, 6.07) is 18.4. The predicted molar refractivity (Wildman–Crippen MR) is 124 cm³/mol. The van der Waals surface area contributed by atoms with Gasteiger partial charge < -0.3 is 23.7 Å². The number of hydrogen-bond acceptors (Lipinski definition) is 7. The predicted octanol–water partition coefficient (Wildman–Crippen LogP) is 4.77. The van der Waals surface area contributed by atoms with Crippen molar-refractivity contribution >= 4 is 6.29 Å². The van der Waals surface area contributed by atoms with Crippen LogP contribution >= 0.6 is 0 Å². The van der Waals surface area contributed by atoms with Crippen LogP contribution in [0.3, 0.4) is 0 Å². The SMILES string of the molecule is COc1cccc(OC)c1C1OC(C)(C)C(C=O)N1Cc1ccc(Oc2ccccc2)nc1. The first-order chi connectivity index (χ1) is 16.0. The molecule has 4 rings (SSSR count). The van der Waals surface area contributed by atoms with E-state index in [2.05, 4.69) is 4.98 Å². The Morgan fingerprint density at radius 1 is 1.00 bits per heavy atom.